The molecule has 0 radical (unpaired) electrons. The summed E-state index contributed by atoms with van der Waals surface area (Å²) in [5.74, 6) is 0.673. The second-order valence-electron chi connectivity index (χ2n) is 4.44. The minimum atomic E-state index is 0.466. The molecular weight excluding hydrogens is 172 g/mol. The van der Waals surface area contributed by atoms with Crippen LogP contribution in [0.25, 0.3) is 0 Å². The summed E-state index contributed by atoms with van der Waals surface area (Å²) in [5, 5.41) is 3.32. The van der Waals surface area contributed by atoms with Crippen LogP contribution in [0.1, 0.15) is 33.4 Å². The standard InChI is InChI=1S/C12H20N2/c1-9(2)7-11-5-6-12(8-13-11)14-10(3)4/h5-6,8-10,14H,7H2,1-4H3. The molecule has 0 atom stereocenters. The van der Waals surface area contributed by atoms with Crippen LogP contribution in [0, 0.1) is 5.92 Å². The molecule has 0 saturated carbocycles. The van der Waals surface area contributed by atoms with Gasteiger partial charge in [0.1, 0.15) is 0 Å². The predicted molar refractivity (Wildman–Crippen MR) is 61.5 cm³/mol. The lowest BCUT2D eigenvalue weighted by Gasteiger charge is -2.10. The molecule has 1 N–H and O–H groups in total. The lowest BCUT2D eigenvalue weighted by Crippen LogP contribution is -2.10. The zero-order valence-corrected chi connectivity index (χ0v) is 9.54. The molecule has 0 bridgehead atoms. The van der Waals surface area contributed by atoms with Gasteiger partial charge in [-0.25, -0.2) is 0 Å². The Labute approximate surface area is 86.8 Å². The van der Waals surface area contributed by atoms with Gasteiger partial charge in [-0.2, -0.15) is 0 Å². The molecule has 0 aromatic carbocycles. The van der Waals surface area contributed by atoms with Crippen LogP contribution in [0.2, 0.25) is 0 Å². The Hall–Kier alpha value is -1.05. The monoisotopic (exact) mass is 192 g/mol. The van der Waals surface area contributed by atoms with Crippen LogP contribution in [0.4, 0.5) is 5.69 Å². The summed E-state index contributed by atoms with van der Waals surface area (Å²) < 4.78 is 0. The second kappa shape index (κ2) is 4.99. The normalized spacial score (nSPS) is 11.0. The van der Waals surface area contributed by atoms with Gasteiger partial charge in [0.2, 0.25) is 0 Å². The van der Waals surface area contributed by atoms with E-state index >= 15 is 0 Å². The van der Waals surface area contributed by atoms with Crippen LogP contribution < -0.4 is 5.32 Å². The van der Waals surface area contributed by atoms with Gasteiger partial charge in [-0.15, -0.1) is 0 Å². The van der Waals surface area contributed by atoms with Crippen LogP contribution in [0.3, 0.4) is 0 Å². The minimum absolute atomic E-state index is 0.466. The molecule has 78 valence electrons. The molecule has 0 fully saturated rings. The molecule has 1 aromatic heterocycles. The highest BCUT2D eigenvalue weighted by Gasteiger charge is 2.00. The lowest BCUT2D eigenvalue weighted by atomic mass is 10.1. The van der Waals surface area contributed by atoms with Crippen molar-refractivity contribution in [2.24, 2.45) is 5.92 Å². The molecule has 0 aliphatic rings. The van der Waals surface area contributed by atoms with E-state index in [1.807, 2.05) is 6.20 Å². The summed E-state index contributed by atoms with van der Waals surface area (Å²) in [7, 11) is 0. The van der Waals surface area contributed by atoms with E-state index in [0.29, 0.717) is 12.0 Å². The van der Waals surface area contributed by atoms with Gasteiger partial charge >= 0.3 is 0 Å². The van der Waals surface area contributed by atoms with Crippen molar-refractivity contribution in [3.63, 3.8) is 0 Å². The number of rotatable bonds is 4. The van der Waals surface area contributed by atoms with Gasteiger partial charge < -0.3 is 5.32 Å². The highest BCUT2D eigenvalue weighted by Crippen LogP contribution is 2.10. The van der Waals surface area contributed by atoms with Crippen molar-refractivity contribution in [3.05, 3.63) is 24.0 Å². The van der Waals surface area contributed by atoms with Crippen LogP contribution in [0.15, 0.2) is 18.3 Å². The van der Waals surface area contributed by atoms with Gasteiger partial charge in [-0.3, -0.25) is 4.98 Å². The molecule has 0 unspecified atom stereocenters. The van der Waals surface area contributed by atoms with Crippen molar-refractivity contribution in [3.8, 4) is 0 Å². The molecule has 0 spiro atoms. The van der Waals surface area contributed by atoms with E-state index < -0.39 is 0 Å². The number of hydrogen-bond acceptors (Lipinski definition) is 2. The summed E-state index contributed by atoms with van der Waals surface area (Å²) in [5.41, 5.74) is 2.28. The highest BCUT2D eigenvalue weighted by atomic mass is 14.9. The van der Waals surface area contributed by atoms with Gasteiger partial charge in [-0.05, 0) is 38.3 Å². The first-order chi connectivity index (χ1) is 6.58. The van der Waals surface area contributed by atoms with Gasteiger partial charge in [0.05, 0.1) is 11.9 Å². The smallest absolute Gasteiger partial charge is 0.0528 e. The maximum absolute atomic E-state index is 4.41. The molecule has 1 heterocycles. The number of pyridine rings is 1. The summed E-state index contributed by atoms with van der Waals surface area (Å²) >= 11 is 0. The average molecular weight is 192 g/mol. The Morgan fingerprint density at radius 3 is 2.36 bits per heavy atom. The first kappa shape index (κ1) is 11.0. The number of nitrogens with one attached hydrogen (secondary N) is 1. The molecule has 0 amide bonds. The summed E-state index contributed by atoms with van der Waals surface area (Å²) in [4.78, 5) is 4.41. The van der Waals surface area contributed by atoms with E-state index in [1.165, 1.54) is 5.69 Å². The quantitative estimate of drug-likeness (QED) is 0.793. The molecule has 0 aliphatic heterocycles. The maximum Gasteiger partial charge on any atom is 0.0528 e. The average Bonchev–Trinajstić information content (AvgIpc) is 2.06. The first-order valence-electron chi connectivity index (χ1n) is 5.29. The molecule has 0 aliphatic carbocycles. The maximum atomic E-state index is 4.41. The Kier molecular flexibility index (Phi) is 3.93. The molecule has 0 saturated heterocycles. The Morgan fingerprint density at radius 2 is 1.93 bits per heavy atom. The van der Waals surface area contributed by atoms with E-state index in [-0.39, 0.29) is 0 Å². The number of hydrogen-bond donors (Lipinski definition) is 1. The molecule has 1 aromatic rings. The van der Waals surface area contributed by atoms with E-state index in [1.54, 1.807) is 0 Å². The van der Waals surface area contributed by atoms with Crippen molar-refractivity contribution in [1.82, 2.24) is 4.98 Å². The zero-order valence-electron chi connectivity index (χ0n) is 9.54. The van der Waals surface area contributed by atoms with Crippen molar-refractivity contribution >= 4 is 5.69 Å². The molecule has 2 nitrogen and oxygen atoms in total. The second-order valence-corrected chi connectivity index (χ2v) is 4.44. The largest absolute Gasteiger partial charge is 0.382 e. The van der Waals surface area contributed by atoms with Gasteiger partial charge in [0.15, 0.2) is 0 Å². The van der Waals surface area contributed by atoms with Gasteiger partial charge in [0.25, 0.3) is 0 Å². The van der Waals surface area contributed by atoms with E-state index in [9.17, 15) is 0 Å². The third-order valence-electron chi connectivity index (χ3n) is 1.90. The highest BCUT2D eigenvalue weighted by molar-refractivity contribution is 5.41. The van der Waals surface area contributed by atoms with Crippen LogP contribution in [-0.4, -0.2) is 11.0 Å². The third-order valence-corrected chi connectivity index (χ3v) is 1.90. The topological polar surface area (TPSA) is 24.9 Å². The lowest BCUT2D eigenvalue weighted by molar-refractivity contribution is 0.635. The van der Waals surface area contributed by atoms with E-state index in [0.717, 1.165) is 12.1 Å². The number of nitrogens with zero attached hydrogens (tertiary/aromatic N) is 1. The van der Waals surface area contributed by atoms with Crippen molar-refractivity contribution in [2.75, 3.05) is 5.32 Å². The summed E-state index contributed by atoms with van der Waals surface area (Å²) in [6.07, 6.45) is 2.97. The van der Waals surface area contributed by atoms with Gasteiger partial charge in [-0.1, -0.05) is 13.8 Å². The fraction of sp³-hybridized carbons (Fsp3) is 0.583. The Balaban J connectivity index is 2.59. The van der Waals surface area contributed by atoms with Crippen LogP contribution >= 0.6 is 0 Å². The van der Waals surface area contributed by atoms with Crippen molar-refractivity contribution < 1.29 is 0 Å². The summed E-state index contributed by atoms with van der Waals surface area (Å²) in [6.45, 7) is 8.67. The Morgan fingerprint density at radius 1 is 1.21 bits per heavy atom. The number of anilines is 1. The first-order valence-corrected chi connectivity index (χ1v) is 5.29. The van der Waals surface area contributed by atoms with Crippen molar-refractivity contribution in [2.45, 2.75) is 40.2 Å². The fourth-order valence-corrected chi connectivity index (χ4v) is 1.38. The molecule has 1 rings (SSSR count). The van der Waals surface area contributed by atoms with E-state index in [2.05, 4.69) is 50.1 Å². The van der Waals surface area contributed by atoms with Crippen LogP contribution in [-0.2, 0) is 6.42 Å². The molecular formula is C12H20N2. The van der Waals surface area contributed by atoms with E-state index in [4.69, 9.17) is 0 Å². The van der Waals surface area contributed by atoms with Crippen LogP contribution in [0.5, 0.6) is 0 Å². The zero-order chi connectivity index (χ0) is 10.6. The predicted octanol–water partition coefficient (Wildman–Crippen LogP) is 3.10. The van der Waals surface area contributed by atoms with Crippen molar-refractivity contribution in [1.29, 1.82) is 0 Å². The summed E-state index contributed by atoms with van der Waals surface area (Å²) in [6, 6.07) is 4.67. The van der Waals surface area contributed by atoms with Gasteiger partial charge in [0, 0.05) is 11.7 Å². The third kappa shape index (κ3) is 3.77. The molecule has 2 heteroatoms. The Bertz CT molecular complexity index is 233. The fourth-order valence-electron chi connectivity index (χ4n) is 1.38. The minimum Gasteiger partial charge on any atom is -0.382 e. The number of aromatic nitrogens is 1. The molecule has 14 heavy (non-hydrogen) atoms. The SMILES string of the molecule is CC(C)Cc1ccc(NC(C)C)cn1.